The van der Waals surface area contributed by atoms with Crippen LogP contribution in [0.15, 0.2) is 12.3 Å². The van der Waals surface area contributed by atoms with Crippen molar-refractivity contribution in [3.05, 3.63) is 18.0 Å². The third-order valence-corrected chi connectivity index (χ3v) is 4.65. The molecule has 1 heterocycles. The van der Waals surface area contributed by atoms with Gasteiger partial charge in [0.2, 0.25) is 0 Å². The zero-order chi connectivity index (χ0) is 15.8. The second-order valence-corrected chi connectivity index (χ2v) is 7.02. The van der Waals surface area contributed by atoms with Gasteiger partial charge in [-0.05, 0) is 43.7 Å². The summed E-state index contributed by atoms with van der Waals surface area (Å²) in [7, 11) is 1.86. The highest BCUT2D eigenvalue weighted by Crippen LogP contribution is 2.42. The standard InChI is InChI=1S/C15H24F3N3/c1-14(2,3)10-5-6-11(19-4)12(9-10)21-8-7-13(20-21)15(16,17)18/h7-8,10-12,19H,5-6,9H2,1-4H3. The lowest BCUT2D eigenvalue weighted by molar-refractivity contribution is -0.141. The molecule has 0 radical (unpaired) electrons. The van der Waals surface area contributed by atoms with E-state index in [-0.39, 0.29) is 17.5 Å². The lowest BCUT2D eigenvalue weighted by atomic mass is 9.69. The fourth-order valence-electron chi connectivity index (χ4n) is 3.24. The number of likely N-dealkylation sites (N-methyl/N-ethyl adjacent to an activating group) is 1. The van der Waals surface area contributed by atoms with Gasteiger partial charge in [0.1, 0.15) is 0 Å². The molecule has 1 aliphatic carbocycles. The van der Waals surface area contributed by atoms with Gasteiger partial charge in [-0.1, -0.05) is 20.8 Å². The van der Waals surface area contributed by atoms with Crippen LogP contribution in [0.2, 0.25) is 0 Å². The summed E-state index contributed by atoms with van der Waals surface area (Å²) in [5.41, 5.74) is -0.646. The molecule has 1 aromatic rings. The molecule has 0 saturated heterocycles. The van der Waals surface area contributed by atoms with Crippen LogP contribution in [0.25, 0.3) is 0 Å². The molecule has 1 aromatic heterocycles. The van der Waals surface area contributed by atoms with Gasteiger partial charge >= 0.3 is 6.18 Å². The Labute approximate surface area is 123 Å². The van der Waals surface area contributed by atoms with Crippen LogP contribution in [-0.4, -0.2) is 22.9 Å². The first kappa shape index (κ1) is 16.3. The average Bonchev–Trinajstić information content (AvgIpc) is 2.86. The smallest absolute Gasteiger partial charge is 0.315 e. The summed E-state index contributed by atoms with van der Waals surface area (Å²) >= 11 is 0. The maximum atomic E-state index is 12.7. The first-order valence-electron chi connectivity index (χ1n) is 7.42. The van der Waals surface area contributed by atoms with Crippen molar-refractivity contribution < 1.29 is 13.2 Å². The molecule has 1 aliphatic rings. The van der Waals surface area contributed by atoms with Gasteiger partial charge in [0.15, 0.2) is 5.69 Å². The SMILES string of the molecule is CNC1CCC(C(C)(C)C)CC1n1ccc(C(F)(F)F)n1. The molecule has 0 aromatic carbocycles. The zero-order valence-electron chi connectivity index (χ0n) is 13.0. The second-order valence-electron chi connectivity index (χ2n) is 7.02. The molecule has 0 aliphatic heterocycles. The summed E-state index contributed by atoms with van der Waals surface area (Å²) in [6.45, 7) is 6.58. The number of hydrogen-bond donors (Lipinski definition) is 1. The maximum absolute atomic E-state index is 12.7. The van der Waals surface area contributed by atoms with Crippen LogP contribution in [0.4, 0.5) is 13.2 Å². The third-order valence-electron chi connectivity index (χ3n) is 4.65. The Hall–Kier alpha value is -1.04. The first-order chi connectivity index (χ1) is 9.63. The molecule has 0 bridgehead atoms. The predicted molar refractivity (Wildman–Crippen MR) is 75.9 cm³/mol. The van der Waals surface area contributed by atoms with Crippen molar-refractivity contribution in [2.24, 2.45) is 11.3 Å². The minimum atomic E-state index is -4.38. The van der Waals surface area contributed by atoms with Crippen LogP contribution < -0.4 is 5.32 Å². The van der Waals surface area contributed by atoms with Crippen LogP contribution in [-0.2, 0) is 6.18 Å². The molecular formula is C15H24F3N3. The lowest BCUT2D eigenvalue weighted by Gasteiger charge is -2.41. The van der Waals surface area contributed by atoms with E-state index in [2.05, 4.69) is 31.2 Å². The van der Waals surface area contributed by atoms with Gasteiger partial charge in [-0.25, -0.2) is 0 Å². The third kappa shape index (κ3) is 3.59. The topological polar surface area (TPSA) is 29.9 Å². The van der Waals surface area contributed by atoms with Crippen molar-refractivity contribution in [3.63, 3.8) is 0 Å². The van der Waals surface area contributed by atoms with Gasteiger partial charge in [-0.15, -0.1) is 0 Å². The fraction of sp³-hybridized carbons (Fsp3) is 0.800. The monoisotopic (exact) mass is 303 g/mol. The van der Waals surface area contributed by atoms with Gasteiger partial charge in [-0.2, -0.15) is 18.3 Å². The summed E-state index contributed by atoms with van der Waals surface area (Å²) in [5.74, 6) is 0.491. The molecule has 1 saturated carbocycles. The fourth-order valence-corrected chi connectivity index (χ4v) is 3.24. The van der Waals surface area contributed by atoms with Crippen molar-refractivity contribution in [1.82, 2.24) is 15.1 Å². The van der Waals surface area contributed by atoms with Crippen LogP contribution >= 0.6 is 0 Å². The number of alkyl halides is 3. The van der Waals surface area contributed by atoms with E-state index < -0.39 is 11.9 Å². The lowest BCUT2D eigenvalue weighted by Crippen LogP contribution is -2.42. The van der Waals surface area contributed by atoms with Crippen LogP contribution in [0, 0.1) is 11.3 Å². The van der Waals surface area contributed by atoms with Crippen LogP contribution in [0.5, 0.6) is 0 Å². The summed E-state index contributed by atoms with van der Waals surface area (Å²) < 4.78 is 39.7. The van der Waals surface area contributed by atoms with Crippen molar-refractivity contribution in [1.29, 1.82) is 0 Å². The van der Waals surface area contributed by atoms with E-state index in [9.17, 15) is 13.2 Å². The summed E-state index contributed by atoms with van der Waals surface area (Å²) in [6.07, 6.45) is -0.00143. The van der Waals surface area contributed by atoms with Crippen molar-refractivity contribution in [2.45, 2.75) is 58.3 Å². The van der Waals surface area contributed by atoms with E-state index >= 15 is 0 Å². The van der Waals surface area contributed by atoms with E-state index in [1.54, 1.807) is 0 Å². The molecule has 120 valence electrons. The number of aromatic nitrogens is 2. The number of nitrogens with one attached hydrogen (secondary N) is 1. The highest BCUT2D eigenvalue weighted by atomic mass is 19.4. The Morgan fingerprint density at radius 1 is 1.24 bits per heavy atom. The highest BCUT2D eigenvalue weighted by Gasteiger charge is 2.38. The Morgan fingerprint density at radius 2 is 1.90 bits per heavy atom. The molecular weight excluding hydrogens is 279 g/mol. The molecule has 6 heteroatoms. The molecule has 3 nitrogen and oxygen atoms in total. The largest absolute Gasteiger partial charge is 0.435 e. The second kappa shape index (κ2) is 5.63. The number of nitrogens with zero attached hydrogens (tertiary/aromatic N) is 2. The molecule has 2 rings (SSSR count). The summed E-state index contributed by atoms with van der Waals surface area (Å²) in [4.78, 5) is 0. The molecule has 1 N–H and O–H groups in total. The van der Waals surface area contributed by atoms with E-state index in [0.717, 1.165) is 25.3 Å². The van der Waals surface area contributed by atoms with Gasteiger partial charge < -0.3 is 5.32 Å². The van der Waals surface area contributed by atoms with E-state index in [1.165, 1.54) is 10.9 Å². The Kier molecular flexibility index (Phi) is 4.38. The normalized spacial score (nSPS) is 27.9. The number of hydrogen-bond acceptors (Lipinski definition) is 2. The minimum absolute atomic E-state index is 0.0240. The highest BCUT2D eigenvalue weighted by molar-refractivity contribution is 5.05. The Morgan fingerprint density at radius 3 is 2.38 bits per heavy atom. The van der Waals surface area contributed by atoms with Crippen molar-refractivity contribution >= 4 is 0 Å². The summed E-state index contributed by atoms with van der Waals surface area (Å²) in [6, 6.07) is 1.21. The molecule has 1 fully saturated rings. The molecule has 0 amide bonds. The van der Waals surface area contributed by atoms with Gasteiger partial charge in [-0.3, -0.25) is 4.68 Å². The van der Waals surface area contributed by atoms with E-state index in [0.29, 0.717) is 5.92 Å². The Balaban J connectivity index is 2.23. The number of halogens is 3. The van der Waals surface area contributed by atoms with E-state index in [4.69, 9.17) is 0 Å². The zero-order valence-corrected chi connectivity index (χ0v) is 13.0. The molecule has 21 heavy (non-hydrogen) atoms. The van der Waals surface area contributed by atoms with Crippen LogP contribution in [0.1, 0.15) is 51.8 Å². The summed E-state index contributed by atoms with van der Waals surface area (Å²) in [5, 5.41) is 7.00. The average molecular weight is 303 g/mol. The Bertz CT molecular complexity index is 473. The van der Waals surface area contributed by atoms with Crippen molar-refractivity contribution in [2.75, 3.05) is 7.05 Å². The molecule has 3 unspecified atom stereocenters. The van der Waals surface area contributed by atoms with Crippen molar-refractivity contribution in [3.8, 4) is 0 Å². The van der Waals surface area contributed by atoms with E-state index in [1.807, 2.05) is 7.05 Å². The quantitative estimate of drug-likeness (QED) is 0.898. The molecule has 0 spiro atoms. The van der Waals surface area contributed by atoms with Gasteiger partial charge in [0.25, 0.3) is 0 Å². The van der Waals surface area contributed by atoms with Gasteiger partial charge in [0, 0.05) is 12.2 Å². The minimum Gasteiger partial charge on any atom is -0.315 e. The molecule has 3 atom stereocenters. The van der Waals surface area contributed by atoms with Crippen LogP contribution in [0.3, 0.4) is 0 Å². The first-order valence-corrected chi connectivity index (χ1v) is 7.42. The maximum Gasteiger partial charge on any atom is 0.435 e. The van der Waals surface area contributed by atoms with Gasteiger partial charge in [0.05, 0.1) is 6.04 Å². The predicted octanol–water partition coefficient (Wildman–Crippen LogP) is 3.88. The number of rotatable bonds is 2.